The van der Waals surface area contributed by atoms with Gasteiger partial charge in [-0.05, 0) is 12.3 Å². The van der Waals surface area contributed by atoms with E-state index in [9.17, 15) is 0 Å². The summed E-state index contributed by atoms with van der Waals surface area (Å²) in [6.07, 6.45) is 9.81. The van der Waals surface area contributed by atoms with Crippen molar-refractivity contribution in [3.8, 4) is 0 Å². The molecule has 0 aromatic rings. The number of nitrogens with zero attached hydrogens (tertiary/aromatic N) is 1. The van der Waals surface area contributed by atoms with Crippen LogP contribution in [0.1, 0.15) is 6.42 Å². The van der Waals surface area contributed by atoms with Crippen molar-refractivity contribution < 1.29 is 0 Å². The summed E-state index contributed by atoms with van der Waals surface area (Å²) in [6, 6.07) is 0. The van der Waals surface area contributed by atoms with Crippen molar-refractivity contribution in [2.45, 2.75) is 6.42 Å². The lowest BCUT2D eigenvalue weighted by molar-refractivity contribution is 0.240. The molecule has 1 heterocycles. The van der Waals surface area contributed by atoms with E-state index < -0.39 is 0 Å². The van der Waals surface area contributed by atoms with Gasteiger partial charge in [0.15, 0.2) is 5.96 Å². The van der Waals surface area contributed by atoms with Gasteiger partial charge in [-0.15, -0.1) is 0 Å². The first-order chi connectivity index (χ1) is 6.27. The number of likely N-dealkylation sites (tertiary alicyclic amines) is 1. The number of guanidine groups is 1. The molecule has 0 amide bonds. The topological polar surface area (TPSA) is 53.1 Å². The smallest absolute Gasteiger partial charge is 0.188 e. The van der Waals surface area contributed by atoms with E-state index in [0.717, 1.165) is 19.5 Å². The summed E-state index contributed by atoms with van der Waals surface area (Å²) in [5.41, 5.74) is 5.46. The SMILES string of the molecule is N=C(N)N1CCC2C=CC=CC2C1. The molecule has 1 aliphatic heterocycles. The Morgan fingerprint density at radius 3 is 2.69 bits per heavy atom. The molecule has 0 radical (unpaired) electrons. The van der Waals surface area contributed by atoms with Crippen LogP contribution in [0.15, 0.2) is 24.3 Å². The number of fused-ring (bicyclic) bond motifs is 1. The maximum atomic E-state index is 7.36. The minimum atomic E-state index is 0.210. The highest BCUT2D eigenvalue weighted by molar-refractivity contribution is 5.74. The van der Waals surface area contributed by atoms with Crippen molar-refractivity contribution in [1.82, 2.24) is 4.90 Å². The van der Waals surface area contributed by atoms with E-state index in [1.54, 1.807) is 0 Å². The van der Waals surface area contributed by atoms with E-state index in [1.807, 2.05) is 4.90 Å². The Morgan fingerprint density at radius 2 is 2.00 bits per heavy atom. The largest absolute Gasteiger partial charge is 0.370 e. The lowest BCUT2D eigenvalue weighted by Crippen LogP contribution is -2.46. The highest BCUT2D eigenvalue weighted by Gasteiger charge is 2.27. The normalized spacial score (nSPS) is 31.5. The third-order valence-corrected chi connectivity index (χ3v) is 2.88. The molecular weight excluding hydrogens is 162 g/mol. The predicted octanol–water partition coefficient (Wildman–Crippen LogP) is 0.944. The summed E-state index contributed by atoms with van der Waals surface area (Å²) in [5, 5.41) is 7.36. The fourth-order valence-corrected chi connectivity index (χ4v) is 2.08. The van der Waals surface area contributed by atoms with Gasteiger partial charge < -0.3 is 10.6 Å². The molecule has 2 aliphatic rings. The molecule has 0 saturated carbocycles. The van der Waals surface area contributed by atoms with Gasteiger partial charge in [0.1, 0.15) is 0 Å². The number of nitrogens with one attached hydrogen (secondary N) is 1. The van der Waals surface area contributed by atoms with E-state index in [2.05, 4.69) is 24.3 Å². The molecule has 2 unspecified atom stereocenters. The second-order valence-corrected chi connectivity index (χ2v) is 3.72. The van der Waals surface area contributed by atoms with Crippen molar-refractivity contribution in [2.24, 2.45) is 17.6 Å². The highest BCUT2D eigenvalue weighted by atomic mass is 15.2. The number of nitrogens with two attached hydrogens (primary N) is 1. The first-order valence-corrected chi connectivity index (χ1v) is 4.71. The van der Waals surface area contributed by atoms with Gasteiger partial charge in [0.25, 0.3) is 0 Å². The van der Waals surface area contributed by atoms with Gasteiger partial charge in [-0.3, -0.25) is 5.41 Å². The summed E-state index contributed by atoms with van der Waals surface area (Å²) in [6.45, 7) is 1.83. The fourth-order valence-electron chi connectivity index (χ4n) is 2.08. The Hall–Kier alpha value is -1.25. The molecule has 0 bridgehead atoms. The second-order valence-electron chi connectivity index (χ2n) is 3.72. The van der Waals surface area contributed by atoms with Gasteiger partial charge in [0, 0.05) is 19.0 Å². The number of rotatable bonds is 0. The quantitative estimate of drug-likeness (QED) is 0.427. The summed E-state index contributed by atoms with van der Waals surface area (Å²) >= 11 is 0. The zero-order chi connectivity index (χ0) is 9.26. The van der Waals surface area contributed by atoms with Crippen LogP contribution in [-0.4, -0.2) is 23.9 Å². The van der Waals surface area contributed by atoms with Crippen LogP contribution in [-0.2, 0) is 0 Å². The van der Waals surface area contributed by atoms with Gasteiger partial charge >= 0.3 is 0 Å². The Kier molecular flexibility index (Phi) is 2.08. The first kappa shape index (κ1) is 8.35. The Morgan fingerprint density at radius 1 is 1.31 bits per heavy atom. The van der Waals surface area contributed by atoms with E-state index in [-0.39, 0.29) is 5.96 Å². The molecule has 3 N–H and O–H groups in total. The molecule has 3 heteroatoms. The predicted molar refractivity (Wildman–Crippen MR) is 53.4 cm³/mol. The van der Waals surface area contributed by atoms with E-state index in [4.69, 9.17) is 11.1 Å². The molecule has 70 valence electrons. The minimum absolute atomic E-state index is 0.210. The molecule has 0 aromatic carbocycles. The van der Waals surface area contributed by atoms with Crippen LogP contribution < -0.4 is 5.73 Å². The number of hydrogen-bond donors (Lipinski definition) is 2. The third kappa shape index (κ3) is 1.59. The van der Waals surface area contributed by atoms with Gasteiger partial charge in [0.05, 0.1) is 0 Å². The monoisotopic (exact) mass is 177 g/mol. The molecule has 2 rings (SSSR count). The van der Waals surface area contributed by atoms with Crippen molar-refractivity contribution >= 4 is 5.96 Å². The molecule has 0 spiro atoms. The lowest BCUT2D eigenvalue weighted by Gasteiger charge is -2.37. The van der Waals surface area contributed by atoms with Crippen LogP contribution in [0.4, 0.5) is 0 Å². The fraction of sp³-hybridized carbons (Fsp3) is 0.500. The molecule has 1 fully saturated rings. The van der Waals surface area contributed by atoms with Gasteiger partial charge in [-0.2, -0.15) is 0 Å². The molecule has 3 nitrogen and oxygen atoms in total. The number of piperidine rings is 1. The Labute approximate surface area is 78.4 Å². The van der Waals surface area contributed by atoms with Crippen LogP contribution in [0.3, 0.4) is 0 Å². The van der Waals surface area contributed by atoms with Crippen molar-refractivity contribution in [1.29, 1.82) is 5.41 Å². The highest BCUT2D eigenvalue weighted by Crippen LogP contribution is 2.27. The first-order valence-electron chi connectivity index (χ1n) is 4.71. The van der Waals surface area contributed by atoms with Crippen molar-refractivity contribution in [3.63, 3.8) is 0 Å². The maximum Gasteiger partial charge on any atom is 0.188 e. The molecular formula is C10H15N3. The maximum absolute atomic E-state index is 7.36. The molecule has 1 saturated heterocycles. The lowest BCUT2D eigenvalue weighted by atomic mass is 9.83. The molecule has 2 atom stereocenters. The summed E-state index contributed by atoms with van der Waals surface area (Å²) < 4.78 is 0. The standard InChI is InChI=1S/C10H15N3/c11-10(12)13-6-5-8-3-1-2-4-9(8)7-13/h1-4,8-9H,5-7H2,(H3,11,12). The van der Waals surface area contributed by atoms with E-state index >= 15 is 0 Å². The summed E-state index contributed by atoms with van der Waals surface area (Å²) in [5.74, 6) is 1.43. The third-order valence-electron chi connectivity index (χ3n) is 2.88. The van der Waals surface area contributed by atoms with Gasteiger partial charge in [-0.1, -0.05) is 24.3 Å². The summed E-state index contributed by atoms with van der Waals surface area (Å²) in [7, 11) is 0. The second kappa shape index (κ2) is 3.24. The average Bonchev–Trinajstić information content (AvgIpc) is 2.17. The number of allylic oxidation sites excluding steroid dienone is 3. The van der Waals surface area contributed by atoms with Crippen molar-refractivity contribution in [3.05, 3.63) is 24.3 Å². The zero-order valence-electron chi connectivity index (χ0n) is 7.61. The van der Waals surface area contributed by atoms with Crippen molar-refractivity contribution in [2.75, 3.05) is 13.1 Å². The zero-order valence-corrected chi connectivity index (χ0v) is 7.61. The molecule has 13 heavy (non-hydrogen) atoms. The summed E-state index contributed by atoms with van der Waals surface area (Å²) in [4.78, 5) is 1.95. The van der Waals surface area contributed by atoms with Crippen LogP contribution in [0.2, 0.25) is 0 Å². The van der Waals surface area contributed by atoms with Crippen LogP contribution in [0, 0.1) is 17.2 Å². The van der Waals surface area contributed by atoms with Crippen LogP contribution in [0.5, 0.6) is 0 Å². The van der Waals surface area contributed by atoms with E-state index in [0.29, 0.717) is 11.8 Å². The Balaban J connectivity index is 2.04. The van der Waals surface area contributed by atoms with Crippen LogP contribution >= 0.6 is 0 Å². The molecule has 1 aliphatic carbocycles. The minimum Gasteiger partial charge on any atom is -0.370 e. The van der Waals surface area contributed by atoms with Gasteiger partial charge in [-0.25, -0.2) is 0 Å². The molecule has 0 aromatic heterocycles. The van der Waals surface area contributed by atoms with Gasteiger partial charge in [0.2, 0.25) is 0 Å². The average molecular weight is 177 g/mol. The number of hydrogen-bond acceptors (Lipinski definition) is 1. The Bertz CT molecular complexity index is 267. The van der Waals surface area contributed by atoms with E-state index in [1.165, 1.54) is 0 Å². The van der Waals surface area contributed by atoms with Crippen LogP contribution in [0.25, 0.3) is 0 Å².